The van der Waals surface area contributed by atoms with Gasteiger partial charge in [0.2, 0.25) is 5.91 Å². The minimum atomic E-state index is -0.239. The summed E-state index contributed by atoms with van der Waals surface area (Å²) < 4.78 is 0. The van der Waals surface area contributed by atoms with Gasteiger partial charge in [-0.1, -0.05) is 20.8 Å². The van der Waals surface area contributed by atoms with E-state index in [0.717, 1.165) is 25.8 Å². The quantitative estimate of drug-likeness (QED) is 0.747. The molecule has 0 radical (unpaired) electrons. The molecule has 3 nitrogen and oxygen atoms in total. The van der Waals surface area contributed by atoms with Crippen molar-refractivity contribution in [2.75, 3.05) is 6.54 Å². The van der Waals surface area contributed by atoms with E-state index in [0.29, 0.717) is 12.1 Å². The van der Waals surface area contributed by atoms with Crippen LogP contribution in [0.2, 0.25) is 0 Å². The van der Waals surface area contributed by atoms with Crippen LogP contribution in [0.25, 0.3) is 0 Å². The topological polar surface area (TPSA) is 41.1 Å². The van der Waals surface area contributed by atoms with Crippen molar-refractivity contribution in [2.24, 2.45) is 5.41 Å². The van der Waals surface area contributed by atoms with E-state index in [1.165, 1.54) is 0 Å². The van der Waals surface area contributed by atoms with Gasteiger partial charge in [0.25, 0.3) is 0 Å². The largest absolute Gasteiger partial charge is 0.351 e. The maximum atomic E-state index is 12.0. The van der Waals surface area contributed by atoms with Gasteiger partial charge in [0, 0.05) is 17.5 Å². The Hall–Kier alpha value is -0.570. The van der Waals surface area contributed by atoms with Crippen molar-refractivity contribution in [2.45, 2.75) is 59.0 Å². The van der Waals surface area contributed by atoms with Crippen molar-refractivity contribution in [1.29, 1.82) is 0 Å². The van der Waals surface area contributed by atoms with Gasteiger partial charge in [0.15, 0.2) is 0 Å². The highest BCUT2D eigenvalue weighted by atomic mass is 16.2. The van der Waals surface area contributed by atoms with Gasteiger partial charge in [0.1, 0.15) is 0 Å². The molecule has 2 unspecified atom stereocenters. The van der Waals surface area contributed by atoms with Crippen LogP contribution in [0, 0.1) is 5.41 Å². The average molecular weight is 212 g/mol. The lowest BCUT2D eigenvalue weighted by atomic mass is 9.88. The number of rotatable bonds is 3. The van der Waals surface area contributed by atoms with Crippen molar-refractivity contribution in [1.82, 2.24) is 10.6 Å². The Balaban J connectivity index is 2.50. The fourth-order valence-electron chi connectivity index (χ4n) is 1.77. The zero-order chi connectivity index (χ0) is 11.5. The van der Waals surface area contributed by atoms with E-state index in [9.17, 15) is 4.79 Å². The molecule has 1 amide bonds. The summed E-state index contributed by atoms with van der Waals surface area (Å²) in [6.45, 7) is 9.28. The fraction of sp³-hybridized carbons (Fsp3) is 0.917. The molecule has 0 spiro atoms. The lowest BCUT2D eigenvalue weighted by Crippen LogP contribution is -2.54. The number of carbonyl (C=O) groups is 1. The molecular weight excluding hydrogens is 188 g/mol. The van der Waals surface area contributed by atoms with Gasteiger partial charge >= 0.3 is 0 Å². The Labute approximate surface area is 93.0 Å². The van der Waals surface area contributed by atoms with Gasteiger partial charge in [-0.3, -0.25) is 4.79 Å². The highest BCUT2D eigenvalue weighted by Gasteiger charge is 2.29. The van der Waals surface area contributed by atoms with Crippen LogP contribution in [-0.2, 0) is 4.79 Å². The Morgan fingerprint density at radius 2 is 2.20 bits per heavy atom. The van der Waals surface area contributed by atoms with Gasteiger partial charge in [-0.15, -0.1) is 0 Å². The first kappa shape index (κ1) is 12.5. The third-order valence-electron chi connectivity index (χ3n) is 3.58. The van der Waals surface area contributed by atoms with E-state index >= 15 is 0 Å². The van der Waals surface area contributed by atoms with Crippen molar-refractivity contribution in [3.63, 3.8) is 0 Å². The molecule has 1 saturated heterocycles. The standard InChI is InChI=1S/C12H24N2O/c1-5-12(3,4)11(15)14-10-7-6-8-13-9(10)2/h9-10,13H,5-8H2,1-4H3,(H,14,15). The molecule has 0 aromatic carbocycles. The molecule has 0 aliphatic carbocycles. The summed E-state index contributed by atoms with van der Waals surface area (Å²) >= 11 is 0. The number of carbonyl (C=O) groups excluding carboxylic acids is 1. The Kier molecular flexibility index (Phi) is 4.14. The summed E-state index contributed by atoms with van der Waals surface area (Å²) in [5, 5.41) is 6.55. The third kappa shape index (κ3) is 3.20. The highest BCUT2D eigenvalue weighted by Crippen LogP contribution is 2.20. The molecule has 2 N–H and O–H groups in total. The van der Waals surface area contributed by atoms with Crippen molar-refractivity contribution >= 4 is 5.91 Å². The number of amides is 1. The molecule has 0 aromatic heterocycles. The monoisotopic (exact) mass is 212 g/mol. The van der Waals surface area contributed by atoms with Crippen LogP contribution in [0.1, 0.15) is 47.0 Å². The molecule has 1 aliphatic rings. The van der Waals surface area contributed by atoms with Gasteiger partial charge in [-0.25, -0.2) is 0 Å². The minimum Gasteiger partial charge on any atom is -0.351 e. The molecule has 1 fully saturated rings. The molecule has 3 heteroatoms. The van der Waals surface area contributed by atoms with E-state index in [1.807, 2.05) is 13.8 Å². The summed E-state index contributed by atoms with van der Waals surface area (Å²) in [6.07, 6.45) is 3.13. The molecule has 0 saturated carbocycles. The van der Waals surface area contributed by atoms with Crippen molar-refractivity contribution in [3.8, 4) is 0 Å². The maximum Gasteiger partial charge on any atom is 0.225 e. The zero-order valence-corrected chi connectivity index (χ0v) is 10.4. The van der Waals surface area contributed by atoms with Crippen LogP contribution in [0.5, 0.6) is 0 Å². The van der Waals surface area contributed by atoms with E-state index < -0.39 is 0 Å². The first-order valence-corrected chi connectivity index (χ1v) is 6.01. The molecule has 1 heterocycles. The number of nitrogens with one attached hydrogen (secondary N) is 2. The predicted molar refractivity (Wildman–Crippen MR) is 62.7 cm³/mol. The van der Waals surface area contributed by atoms with Crippen LogP contribution in [0.15, 0.2) is 0 Å². The van der Waals surface area contributed by atoms with Crippen LogP contribution in [-0.4, -0.2) is 24.5 Å². The van der Waals surface area contributed by atoms with Crippen molar-refractivity contribution in [3.05, 3.63) is 0 Å². The Morgan fingerprint density at radius 3 is 2.73 bits per heavy atom. The number of hydrogen-bond acceptors (Lipinski definition) is 2. The Bertz CT molecular complexity index is 226. The fourth-order valence-corrected chi connectivity index (χ4v) is 1.77. The molecular formula is C12H24N2O. The third-order valence-corrected chi connectivity index (χ3v) is 3.58. The van der Waals surface area contributed by atoms with E-state index in [4.69, 9.17) is 0 Å². The van der Waals surface area contributed by atoms with Crippen LogP contribution < -0.4 is 10.6 Å². The average Bonchev–Trinajstić information content (AvgIpc) is 2.21. The molecule has 2 atom stereocenters. The van der Waals surface area contributed by atoms with Crippen LogP contribution >= 0.6 is 0 Å². The lowest BCUT2D eigenvalue weighted by molar-refractivity contribution is -0.130. The summed E-state index contributed by atoms with van der Waals surface area (Å²) in [6, 6.07) is 0.701. The summed E-state index contributed by atoms with van der Waals surface area (Å²) in [5.41, 5.74) is -0.239. The second-order valence-electron chi connectivity index (χ2n) is 5.20. The minimum absolute atomic E-state index is 0.186. The van der Waals surface area contributed by atoms with E-state index in [2.05, 4.69) is 24.5 Å². The van der Waals surface area contributed by atoms with Crippen LogP contribution in [0.3, 0.4) is 0 Å². The molecule has 88 valence electrons. The SMILES string of the molecule is CCC(C)(C)C(=O)NC1CCCNC1C. The van der Waals surface area contributed by atoms with Gasteiger partial charge in [-0.05, 0) is 32.7 Å². The molecule has 1 aliphatic heterocycles. The normalized spacial score (nSPS) is 27.5. The lowest BCUT2D eigenvalue weighted by Gasteiger charge is -2.33. The first-order chi connectivity index (χ1) is 6.97. The van der Waals surface area contributed by atoms with E-state index in [-0.39, 0.29) is 11.3 Å². The molecule has 15 heavy (non-hydrogen) atoms. The molecule has 0 aromatic rings. The smallest absolute Gasteiger partial charge is 0.225 e. The molecule has 1 rings (SSSR count). The zero-order valence-electron chi connectivity index (χ0n) is 10.4. The summed E-state index contributed by atoms with van der Waals surface area (Å²) in [7, 11) is 0. The summed E-state index contributed by atoms with van der Waals surface area (Å²) in [5.74, 6) is 0.186. The van der Waals surface area contributed by atoms with E-state index in [1.54, 1.807) is 0 Å². The predicted octanol–water partition coefficient (Wildman–Crippen LogP) is 1.68. The second-order valence-corrected chi connectivity index (χ2v) is 5.20. The second kappa shape index (κ2) is 4.97. The first-order valence-electron chi connectivity index (χ1n) is 6.01. The van der Waals surface area contributed by atoms with Gasteiger partial charge in [0.05, 0.1) is 0 Å². The number of piperidine rings is 1. The molecule has 0 bridgehead atoms. The number of hydrogen-bond donors (Lipinski definition) is 2. The van der Waals surface area contributed by atoms with Gasteiger partial charge < -0.3 is 10.6 Å². The highest BCUT2D eigenvalue weighted by molar-refractivity contribution is 5.82. The summed E-state index contributed by atoms with van der Waals surface area (Å²) in [4.78, 5) is 12.0. The Morgan fingerprint density at radius 1 is 1.53 bits per heavy atom. The maximum absolute atomic E-state index is 12.0. The van der Waals surface area contributed by atoms with Crippen molar-refractivity contribution < 1.29 is 4.79 Å². The van der Waals surface area contributed by atoms with Crippen LogP contribution in [0.4, 0.5) is 0 Å². The van der Waals surface area contributed by atoms with Gasteiger partial charge in [-0.2, -0.15) is 0 Å².